The van der Waals surface area contributed by atoms with Crippen LogP contribution in [0, 0.1) is 31.9 Å². The lowest BCUT2D eigenvalue weighted by Gasteiger charge is -2.02. The van der Waals surface area contributed by atoms with E-state index >= 15 is 0 Å². The molecular formula is C6Br2F2N2O4. The molecule has 0 aliphatic carbocycles. The summed E-state index contributed by atoms with van der Waals surface area (Å²) in [5, 5.41) is 21.0. The van der Waals surface area contributed by atoms with E-state index in [2.05, 4.69) is 31.9 Å². The van der Waals surface area contributed by atoms with Gasteiger partial charge in [-0.05, 0) is 31.9 Å². The first kappa shape index (κ1) is 12.9. The Morgan fingerprint density at radius 2 is 1.12 bits per heavy atom. The summed E-state index contributed by atoms with van der Waals surface area (Å²) >= 11 is 4.81. The molecule has 0 saturated carbocycles. The van der Waals surface area contributed by atoms with Crippen molar-refractivity contribution in [1.29, 1.82) is 0 Å². The predicted molar refractivity (Wildman–Crippen MR) is 55.1 cm³/mol. The Labute approximate surface area is 103 Å². The summed E-state index contributed by atoms with van der Waals surface area (Å²) in [6.45, 7) is 0. The summed E-state index contributed by atoms with van der Waals surface area (Å²) in [4.78, 5) is 18.7. The van der Waals surface area contributed by atoms with Gasteiger partial charge < -0.3 is 0 Å². The molecule has 0 unspecified atom stereocenters. The largest absolute Gasteiger partial charge is 0.364 e. The van der Waals surface area contributed by atoms with Gasteiger partial charge in [0.25, 0.3) is 0 Å². The topological polar surface area (TPSA) is 86.3 Å². The summed E-state index contributed by atoms with van der Waals surface area (Å²) in [6.07, 6.45) is 0. The number of nitrogens with zero attached hydrogens (tertiary/aromatic N) is 2. The van der Waals surface area contributed by atoms with Crippen LogP contribution in [0.1, 0.15) is 0 Å². The quantitative estimate of drug-likeness (QED) is 0.350. The van der Waals surface area contributed by atoms with E-state index in [-0.39, 0.29) is 0 Å². The third-order valence-electron chi connectivity index (χ3n) is 1.58. The molecular weight excluding hydrogens is 362 g/mol. The molecule has 0 radical (unpaired) electrons. The molecule has 1 aromatic rings. The molecule has 16 heavy (non-hydrogen) atoms. The third-order valence-corrected chi connectivity index (χ3v) is 3.03. The number of nitro benzene ring substituents is 2. The molecule has 0 aromatic heterocycles. The van der Waals surface area contributed by atoms with Crippen molar-refractivity contribution in [2.24, 2.45) is 0 Å². The number of benzene rings is 1. The Kier molecular flexibility index (Phi) is 3.53. The van der Waals surface area contributed by atoms with E-state index in [1.54, 1.807) is 0 Å². The first-order chi connectivity index (χ1) is 7.29. The summed E-state index contributed by atoms with van der Waals surface area (Å²) in [6, 6.07) is 0. The van der Waals surface area contributed by atoms with Crippen LogP contribution in [0.25, 0.3) is 0 Å². The average molecular weight is 362 g/mol. The highest BCUT2D eigenvalue weighted by atomic mass is 79.9. The van der Waals surface area contributed by atoms with Gasteiger partial charge in [-0.3, -0.25) is 20.2 Å². The average Bonchev–Trinajstić information content (AvgIpc) is 2.18. The molecule has 0 bridgehead atoms. The Balaban J connectivity index is 3.83. The van der Waals surface area contributed by atoms with Gasteiger partial charge in [0.15, 0.2) is 11.6 Å². The molecule has 0 aliphatic heterocycles. The molecule has 0 aliphatic rings. The van der Waals surface area contributed by atoms with Gasteiger partial charge >= 0.3 is 11.4 Å². The second kappa shape index (κ2) is 4.37. The number of hydrogen-bond donors (Lipinski definition) is 0. The van der Waals surface area contributed by atoms with Crippen molar-refractivity contribution in [2.45, 2.75) is 0 Å². The van der Waals surface area contributed by atoms with E-state index in [0.717, 1.165) is 0 Å². The number of nitro groups is 2. The van der Waals surface area contributed by atoms with Crippen LogP contribution < -0.4 is 0 Å². The summed E-state index contributed by atoms with van der Waals surface area (Å²) in [7, 11) is 0. The number of hydrogen-bond acceptors (Lipinski definition) is 4. The molecule has 0 atom stereocenters. The molecule has 0 saturated heterocycles. The Hall–Kier alpha value is -1.16. The summed E-state index contributed by atoms with van der Waals surface area (Å²) in [5.41, 5.74) is -2.29. The first-order valence-corrected chi connectivity index (χ1v) is 5.02. The van der Waals surface area contributed by atoms with Crippen molar-refractivity contribution in [3.8, 4) is 0 Å². The van der Waals surface area contributed by atoms with Crippen LogP contribution >= 0.6 is 31.9 Å². The first-order valence-electron chi connectivity index (χ1n) is 3.43. The Morgan fingerprint density at radius 1 is 0.875 bits per heavy atom. The van der Waals surface area contributed by atoms with E-state index in [4.69, 9.17) is 0 Å². The van der Waals surface area contributed by atoms with Crippen molar-refractivity contribution in [1.82, 2.24) is 0 Å². The SMILES string of the molecule is O=[N+]([O-])c1c(Br)c(F)c(F)c(Br)c1[N+](=O)[O-]. The monoisotopic (exact) mass is 360 g/mol. The second-order valence-corrected chi connectivity index (χ2v) is 4.05. The minimum Gasteiger partial charge on any atom is -0.258 e. The zero-order valence-corrected chi connectivity index (χ0v) is 10.2. The highest BCUT2D eigenvalue weighted by Gasteiger charge is 2.37. The lowest BCUT2D eigenvalue weighted by atomic mass is 10.2. The number of rotatable bonds is 2. The van der Waals surface area contributed by atoms with Crippen LogP contribution in [-0.2, 0) is 0 Å². The van der Waals surface area contributed by atoms with Crippen LogP contribution in [0.2, 0.25) is 0 Å². The molecule has 0 amide bonds. The van der Waals surface area contributed by atoms with Crippen LogP contribution in [0.3, 0.4) is 0 Å². The summed E-state index contributed by atoms with van der Waals surface area (Å²) in [5.74, 6) is -3.13. The van der Waals surface area contributed by atoms with Crippen molar-refractivity contribution >= 4 is 43.2 Å². The highest BCUT2D eigenvalue weighted by Crippen LogP contribution is 2.43. The van der Waals surface area contributed by atoms with E-state index in [1.807, 2.05) is 0 Å². The van der Waals surface area contributed by atoms with E-state index in [9.17, 15) is 29.0 Å². The van der Waals surface area contributed by atoms with Gasteiger partial charge in [0.2, 0.25) is 0 Å². The smallest absolute Gasteiger partial charge is 0.258 e. The van der Waals surface area contributed by atoms with Crippen LogP contribution in [0.15, 0.2) is 8.95 Å². The van der Waals surface area contributed by atoms with Crippen molar-refractivity contribution in [3.63, 3.8) is 0 Å². The predicted octanol–water partition coefficient (Wildman–Crippen LogP) is 3.31. The standard InChI is InChI=1S/C6Br2F2N2O4/c7-1-3(9)4(10)2(8)6(12(15)16)5(1)11(13)14. The van der Waals surface area contributed by atoms with Gasteiger partial charge in [-0.1, -0.05) is 0 Å². The van der Waals surface area contributed by atoms with Gasteiger partial charge in [0.05, 0.1) is 9.85 Å². The van der Waals surface area contributed by atoms with Crippen LogP contribution in [0.5, 0.6) is 0 Å². The van der Waals surface area contributed by atoms with Gasteiger partial charge in [0.1, 0.15) is 8.95 Å². The lowest BCUT2D eigenvalue weighted by molar-refractivity contribution is -0.423. The molecule has 0 heterocycles. The van der Waals surface area contributed by atoms with Gasteiger partial charge in [0, 0.05) is 0 Å². The Morgan fingerprint density at radius 3 is 1.31 bits per heavy atom. The molecule has 1 aromatic carbocycles. The second-order valence-electron chi connectivity index (χ2n) is 2.47. The zero-order chi connectivity index (χ0) is 12.6. The van der Waals surface area contributed by atoms with Crippen LogP contribution in [-0.4, -0.2) is 9.85 Å². The minimum absolute atomic E-state index is 0.898. The maximum Gasteiger partial charge on any atom is 0.364 e. The maximum absolute atomic E-state index is 13.1. The molecule has 1 rings (SSSR count). The van der Waals surface area contributed by atoms with Gasteiger partial charge in [-0.2, -0.15) is 0 Å². The molecule has 86 valence electrons. The van der Waals surface area contributed by atoms with Crippen molar-refractivity contribution in [3.05, 3.63) is 40.8 Å². The van der Waals surface area contributed by atoms with Crippen molar-refractivity contribution in [2.75, 3.05) is 0 Å². The fourth-order valence-corrected chi connectivity index (χ4v) is 1.95. The summed E-state index contributed by atoms with van der Waals surface area (Å²) < 4.78 is 24.4. The van der Waals surface area contributed by atoms with Gasteiger partial charge in [-0.15, -0.1) is 0 Å². The molecule has 0 spiro atoms. The fourth-order valence-electron chi connectivity index (χ4n) is 0.942. The van der Waals surface area contributed by atoms with E-state index in [1.165, 1.54) is 0 Å². The van der Waals surface area contributed by atoms with E-state index < -0.39 is 41.8 Å². The maximum atomic E-state index is 13.1. The lowest BCUT2D eigenvalue weighted by Crippen LogP contribution is -2.03. The number of halogens is 4. The highest BCUT2D eigenvalue weighted by molar-refractivity contribution is 9.11. The molecule has 6 nitrogen and oxygen atoms in total. The fraction of sp³-hybridized carbons (Fsp3) is 0. The van der Waals surface area contributed by atoms with Crippen molar-refractivity contribution < 1.29 is 18.6 Å². The van der Waals surface area contributed by atoms with E-state index in [0.29, 0.717) is 0 Å². The molecule has 0 fully saturated rings. The Bertz CT molecular complexity index is 463. The third kappa shape index (κ3) is 1.89. The molecule has 0 N–H and O–H groups in total. The zero-order valence-electron chi connectivity index (χ0n) is 7.04. The molecule has 10 heteroatoms. The minimum atomic E-state index is -1.57. The van der Waals surface area contributed by atoms with Crippen LogP contribution in [0.4, 0.5) is 20.2 Å². The normalized spacial score (nSPS) is 10.2. The van der Waals surface area contributed by atoms with Gasteiger partial charge in [-0.25, -0.2) is 8.78 Å².